The molecule has 0 saturated heterocycles. The number of rotatable bonds is 9. The molecule has 3 atom stereocenters. The van der Waals surface area contributed by atoms with Gasteiger partial charge in [-0.1, -0.05) is 18.2 Å². The Hall–Kier alpha value is -3.85. The molecule has 0 aliphatic heterocycles. The average Bonchev–Trinajstić information content (AvgIpc) is 2.95. The first kappa shape index (κ1) is 35.3. The molecule has 0 radical (unpaired) electrons. The highest BCUT2D eigenvalue weighted by Gasteiger charge is 2.38. The number of carboxylic acid groups (broad SMARTS) is 1. The van der Waals surface area contributed by atoms with E-state index in [4.69, 9.17) is 14.6 Å². The number of methoxy groups -OCH3 is 1. The zero-order chi connectivity index (χ0) is 32.4. The molecular formula is C28H34F6N4O5. The second-order valence-electron chi connectivity index (χ2n) is 10.0. The molecule has 0 spiro atoms. The van der Waals surface area contributed by atoms with Crippen LogP contribution in [0.5, 0.6) is 5.75 Å². The van der Waals surface area contributed by atoms with Crippen LogP contribution in [0.25, 0.3) is 0 Å². The van der Waals surface area contributed by atoms with Crippen LogP contribution < -0.4 is 20.7 Å². The molecule has 238 valence electrons. The summed E-state index contributed by atoms with van der Waals surface area (Å²) in [5.74, 6) is -3.10. The Labute approximate surface area is 244 Å². The number of ether oxygens (including phenoxy) is 1. The van der Waals surface area contributed by atoms with Crippen LogP contribution in [0.2, 0.25) is 0 Å². The average molecular weight is 621 g/mol. The Morgan fingerprint density at radius 2 is 1.60 bits per heavy atom. The number of alkyl halides is 6. The third kappa shape index (κ3) is 11.7. The summed E-state index contributed by atoms with van der Waals surface area (Å²) in [6.07, 6.45) is -7.12. The summed E-state index contributed by atoms with van der Waals surface area (Å²) in [4.78, 5) is 36.0. The van der Waals surface area contributed by atoms with Gasteiger partial charge in [0.2, 0.25) is 5.91 Å². The molecule has 1 fully saturated rings. The summed E-state index contributed by atoms with van der Waals surface area (Å²) >= 11 is 0. The van der Waals surface area contributed by atoms with Crippen LogP contribution in [-0.2, 0) is 22.3 Å². The van der Waals surface area contributed by atoms with Crippen LogP contribution in [0.15, 0.2) is 48.5 Å². The smallest absolute Gasteiger partial charge is 0.490 e. The van der Waals surface area contributed by atoms with Crippen LogP contribution >= 0.6 is 0 Å². The van der Waals surface area contributed by atoms with Gasteiger partial charge in [0, 0.05) is 30.2 Å². The number of carbonyl (C=O) groups is 3. The van der Waals surface area contributed by atoms with Gasteiger partial charge >= 0.3 is 18.3 Å². The molecule has 15 heteroatoms. The van der Waals surface area contributed by atoms with E-state index >= 15 is 0 Å². The molecule has 0 bridgehead atoms. The van der Waals surface area contributed by atoms with Crippen molar-refractivity contribution in [2.45, 2.75) is 56.3 Å². The van der Waals surface area contributed by atoms with Crippen LogP contribution in [0.4, 0.5) is 26.3 Å². The number of amides is 2. The van der Waals surface area contributed by atoms with Crippen molar-refractivity contribution in [1.29, 1.82) is 0 Å². The monoisotopic (exact) mass is 620 g/mol. The fourth-order valence-electron chi connectivity index (χ4n) is 4.37. The van der Waals surface area contributed by atoms with Crippen molar-refractivity contribution in [3.05, 3.63) is 65.2 Å². The van der Waals surface area contributed by atoms with Gasteiger partial charge in [-0.2, -0.15) is 26.3 Å². The third-order valence-corrected chi connectivity index (χ3v) is 6.73. The summed E-state index contributed by atoms with van der Waals surface area (Å²) in [6.45, 7) is 0.293. The molecule has 3 unspecified atom stereocenters. The highest BCUT2D eigenvalue weighted by molar-refractivity contribution is 5.96. The number of hydrogen-bond donors (Lipinski definition) is 4. The van der Waals surface area contributed by atoms with Gasteiger partial charge in [-0.05, 0) is 69.3 Å². The van der Waals surface area contributed by atoms with Crippen molar-refractivity contribution in [3.8, 4) is 5.75 Å². The number of nitrogens with one attached hydrogen (secondary N) is 3. The second kappa shape index (κ2) is 15.6. The highest BCUT2D eigenvalue weighted by atomic mass is 19.4. The SMILES string of the molecule is COc1ccc(CNC2CC(N(C)C)CCC2NC(=O)CNC(=O)c2cccc(C(F)(F)F)c2)cc1.O=C(O)C(F)(F)F. The molecule has 2 aromatic rings. The van der Waals surface area contributed by atoms with E-state index in [1.54, 1.807) is 7.11 Å². The molecular weight excluding hydrogens is 586 g/mol. The molecule has 0 heterocycles. The summed E-state index contributed by atoms with van der Waals surface area (Å²) in [5.41, 5.74) is 0.0207. The molecule has 9 nitrogen and oxygen atoms in total. The molecule has 1 saturated carbocycles. The number of aliphatic carboxylic acids is 1. The molecule has 43 heavy (non-hydrogen) atoms. The van der Waals surface area contributed by atoms with E-state index in [1.165, 1.54) is 12.1 Å². The normalized spacial score (nSPS) is 18.7. The first-order chi connectivity index (χ1) is 20.0. The van der Waals surface area contributed by atoms with E-state index in [-0.39, 0.29) is 30.1 Å². The molecule has 2 amide bonds. The number of nitrogens with zero attached hydrogens (tertiary/aromatic N) is 1. The van der Waals surface area contributed by atoms with Crippen LogP contribution in [0.1, 0.15) is 40.7 Å². The lowest BCUT2D eigenvalue weighted by Gasteiger charge is -2.39. The van der Waals surface area contributed by atoms with E-state index in [0.29, 0.717) is 12.6 Å². The molecule has 0 aromatic heterocycles. The first-order valence-electron chi connectivity index (χ1n) is 13.1. The maximum absolute atomic E-state index is 12.9. The lowest BCUT2D eigenvalue weighted by Crippen LogP contribution is -2.56. The number of halogens is 6. The lowest BCUT2D eigenvalue weighted by molar-refractivity contribution is -0.192. The van der Waals surface area contributed by atoms with Crippen molar-refractivity contribution in [3.63, 3.8) is 0 Å². The minimum absolute atomic E-state index is 0.0105. The van der Waals surface area contributed by atoms with E-state index in [1.807, 2.05) is 38.4 Å². The van der Waals surface area contributed by atoms with Gasteiger partial charge in [-0.25, -0.2) is 4.79 Å². The topological polar surface area (TPSA) is 120 Å². The van der Waals surface area contributed by atoms with E-state index in [0.717, 1.165) is 42.7 Å². The van der Waals surface area contributed by atoms with Gasteiger partial charge < -0.3 is 30.7 Å². The van der Waals surface area contributed by atoms with Gasteiger partial charge in [0.25, 0.3) is 5.91 Å². The number of carbonyl (C=O) groups excluding carboxylic acids is 2. The lowest BCUT2D eigenvalue weighted by atomic mass is 9.85. The molecule has 3 rings (SSSR count). The fraction of sp³-hybridized carbons (Fsp3) is 0.464. The molecule has 1 aliphatic rings. The maximum atomic E-state index is 12.9. The maximum Gasteiger partial charge on any atom is 0.490 e. The van der Waals surface area contributed by atoms with E-state index in [9.17, 15) is 35.9 Å². The number of benzene rings is 2. The second-order valence-corrected chi connectivity index (χ2v) is 10.0. The third-order valence-electron chi connectivity index (χ3n) is 6.73. The van der Waals surface area contributed by atoms with Gasteiger partial charge in [0.05, 0.1) is 19.2 Å². The predicted molar refractivity (Wildman–Crippen MR) is 144 cm³/mol. The summed E-state index contributed by atoms with van der Waals surface area (Å²) < 4.78 is 75.7. The van der Waals surface area contributed by atoms with Crippen LogP contribution in [-0.4, -0.2) is 79.8 Å². The Bertz CT molecular complexity index is 1220. The van der Waals surface area contributed by atoms with Gasteiger partial charge in [0.15, 0.2) is 0 Å². The summed E-state index contributed by atoms with van der Waals surface area (Å²) in [7, 11) is 5.69. The summed E-state index contributed by atoms with van der Waals surface area (Å²) in [5, 5.41) is 16.1. The minimum Gasteiger partial charge on any atom is -0.497 e. The zero-order valence-electron chi connectivity index (χ0n) is 23.7. The van der Waals surface area contributed by atoms with Gasteiger partial charge in [-0.15, -0.1) is 0 Å². The van der Waals surface area contributed by atoms with E-state index < -0.39 is 29.8 Å². The largest absolute Gasteiger partial charge is 0.497 e. The Morgan fingerprint density at radius 1 is 0.977 bits per heavy atom. The number of hydrogen-bond acceptors (Lipinski definition) is 6. The Balaban J connectivity index is 0.000000821. The van der Waals surface area contributed by atoms with Crippen molar-refractivity contribution in [2.24, 2.45) is 0 Å². The van der Waals surface area contributed by atoms with Crippen molar-refractivity contribution < 1.29 is 50.6 Å². The molecule has 2 aromatic carbocycles. The van der Waals surface area contributed by atoms with Crippen molar-refractivity contribution >= 4 is 17.8 Å². The Morgan fingerprint density at radius 3 is 2.14 bits per heavy atom. The molecule has 1 aliphatic carbocycles. The molecule has 4 N–H and O–H groups in total. The van der Waals surface area contributed by atoms with Gasteiger partial charge in [0.1, 0.15) is 5.75 Å². The fourth-order valence-corrected chi connectivity index (χ4v) is 4.37. The van der Waals surface area contributed by atoms with Crippen LogP contribution in [0, 0.1) is 0 Å². The van der Waals surface area contributed by atoms with Crippen molar-refractivity contribution in [1.82, 2.24) is 20.9 Å². The van der Waals surface area contributed by atoms with Crippen LogP contribution in [0.3, 0.4) is 0 Å². The first-order valence-corrected chi connectivity index (χ1v) is 13.1. The van der Waals surface area contributed by atoms with E-state index in [2.05, 4.69) is 20.9 Å². The standard InChI is InChI=1S/C26H33F3N4O3.C2HF3O2/c1-33(2)20-9-12-22(23(14-20)30-15-17-7-10-21(36-3)11-8-17)32-24(34)16-31-25(35)18-5-4-6-19(13-18)26(27,28)29;3-2(4,5)1(6)7/h4-8,10-11,13,20,22-23,30H,9,12,14-16H2,1-3H3,(H,31,35)(H,32,34);(H,6,7). The quantitative estimate of drug-likeness (QED) is 0.315. The van der Waals surface area contributed by atoms with Crippen molar-refractivity contribution in [2.75, 3.05) is 27.7 Å². The minimum atomic E-state index is -5.08. The summed E-state index contributed by atoms with van der Waals surface area (Å²) in [6, 6.07) is 12.1. The number of carboxylic acids is 1. The Kier molecular flexibility index (Phi) is 12.8. The highest BCUT2D eigenvalue weighted by Crippen LogP contribution is 2.29. The predicted octanol–water partition coefficient (Wildman–Crippen LogP) is 3.83. The van der Waals surface area contributed by atoms with Gasteiger partial charge in [-0.3, -0.25) is 9.59 Å². The zero-order valence-corrected chi connectivity index (χ0v) is 23.7.